The highest BCUT2D eigenvalue weighted by Crippen LogP contribution is 2.36. The Morgan fingerprint density at radius 3 is 2.33 bits per heavy atom. The van der Waals surface area contributed by atoms with E-state index in [0.717, 1.165) is 74.1 Å². The van der Waals surface area contributed by atoms with E-state index in [4.69, 9.17) is 4.74 Å². The molecule has 2 saturated heterocycles. The largest absolute Gasteiger partial charge is 0.494 e. The van der Waals surface area contributed by atoms with Crippen LogP contribution in [0, 0.1) is 0 Å². The number of aromatic nitrogens is 1. The predicted octanol–water partition coefficient (Wildman–Crippen LogP) is 4.22. The van der Waals surface area contributed by atoms with Crippen molar-refractivity contribution in [1.29, 1.82) is 0 Å². The molecule has 0 aliphatic carbocycles. The summed E-state index contributed by atoms with van der Waals surface area (Å²) in [6.07, 6.45) is 2.03. The molecule has 3 amide bonds. The third-order valence-corrected chi connectivity index (χ3v) is 9.25. The summed E-state index contributed by atoms with van der Waals surface area (Å²) < 4.78 is 7.63. The lowest BCUT2D eigenvalue weighted by molar-refractivity contribution is -0.137. The van der Waals surface area contributed by atoms with Crippen LogP contribution in [0.25, 0.3) is 10.9 Å². The van der Waals surface area contributed by atoms with Gasteiger partial charge in [-0.25, -0.2) is 0 Å². The highest BCUT2D eigenvalue weighted by Gasteiger charge is 2.33. The van der Waals surface area contributed by atoms with Crippen LogP contribution in [0.5, 0.6) is 5.75 Å². The Morgan fingerprint density at radius 1 is 0.978 bits per heavy atom. The van der Waals surface area contributed by atoms with Crippen molar-refractivity contribution >= 4 is 34.3 Å². The maximum absolute atomic E-state index is 13.8. The Kier molecular flexibility index (Phi) is 9.55. The van der Waals surface area contributed by atoms with Gasteiger partial charge in [-0.15, -0.1) is 0 Å². The molecule has 0 bridgehead atoms. The Morgan fingerprint density at radius 2 is 1.71 bits per heavy atom. The normalized spacial score (nSPS) is 17.9. The van der Waals surface area contributed by atoms with Crippen LogP contribution in [0.3, 0.4) is 0 Å². The molecule has 5 rings (SSSR count). The maximum Gasteiger partial charge on any atom is 0.272 e. The molecule has 0 saturated carbocycles. The zero-order chi connectivity index (χ0) is 32.5. The second-order valence-electron chi connectivity index (χ2n) is 13.4. The van der Waals surface area contributed by atoms with Crippen LogP contribution in [0.2, 0.25) is 0 Å². The van der Waals surface area contributed by atoms with E-state index in [1.807, 2.05) is 60.8 Å². The van der Waals surface area contributed by atoms with Crippen molar-refractivity contribution < 1.29 is 19.1 Å². The molecule has 0 spiro atoms. The minimum Gasteiger partial charge on any atom is -0.494 e. The topological polar surface area (TPSA) is 99.1 Å². The van der Waals surface area contributed by atoms with Gasteiger partial charge in [-0.05, 0) is 68.1 Å². The number of carbonyl (C=O) groups is 3. The van der Waals surface area contributed by atoms with Crippen molar-refractivity contribution in [3.63, 3.8) is 0 Å². The third kappa shape index (κ3) is 6.72. The van der Waals surface area contributed by atoms with Crippen molar-refractivity contribution in [2.45, 2.75) is 58.5 Å². The number of para-hydroxylation sites is 1. The molecule has 1 aromatic heterocycles. The van der Waals surface area contributed by atoms with Crippen LogP contribution in [-0.4, -0.2) is 96.5 Å². The molecule has 2 aliphatic rings. The average molecular weight is 617 g/mol. The maximum atomic E-state index is 13.8. The minimum absolute atomic E-state index is 0.0224. The zero-order valence-corrected chi connectivity index (χ0v) is 27.8. The fourth-order valence-corrected chi connectivity index (χ4v) is 6.63. The minimum atomic E-state index is -0.283. The zero-order valence-electron chi connectivity index (χ0n) is 27.8. The summed E-state index contributed by atoms with van der Waals surface area (Å²) in [6.45, 7) is 13.4. The SMILES string of the molecule is CCNC(=O)c1cc(C(C)(C)C)cc(NC(=O)c2cc3cccc(CN4CCN(C(=O)[C@@H]5CCCN5C)CC4)c3n2C)c1OC. The summed E-state index contributed by atoms with van der Waals surface area (Å²) in [6, 6.07) is 11.8. The Bertz CT molecular complexity index is 1580. The van der Waals surface area contributed by atoms with Gasteiger partial charge in [0.05, 0.1) is 29.9 Å². The van der Waals surface area contributed by atoms with Gasteiger partial charge < -0.3 is 24.8 Å². The second-order valence-corrected chi connectivity index (χ2v) is 13.4. The standard InChI is InChI=1S/C35H48N6O4/c1-8-36-32(42)26-20-25(35(2,3)4)21-27(31(26)45-7)37-33(43)29-19-23-11-9-12-24(30(23)39(29)6)22-40-15-17-41(18-16-40)34(44)28-13-10-14-38(28)5/h9,11-12,19-21,28H,8,10,13-18,22H2,1-7H3,(H,36,42)(H,37,43)/t28-/m0/s1. The van der Waals surface area contributed by atoms with Crippen LogP contribution in [0.1, 0.15) is 72.5 Å². The van der Waals surface area contributed by atoms with Crippen molar-refractivity contribution in [2.24, 2.45) is 7.05 Å². The third-order valence-electron chi connectivity index (χ3n) is 9.25. The fourth-order valence-electron chi connectivity index (χ4n) is 6.63. The van der Waals surface area contributed by atoms with Crippen molar-refractivity contribution in [2.75, 3.05) is 58.7 Å². The van der Waals surface area contributed by atoms with Crippen molar-refractivity contribution in [3.05, 3.63) is 58.8 Å². The lowest BCUT2D eigenvalue weighted by Crippen LogP contribution is -2.52. The average Bonchev–Trinajstić information content (AvgIpc) is 3.59. The molecule has 3 aromatic rings. The summed E-state index contributed by atoms with van der Waals surface area (Å²) >= 11 is 0. The smallest absolute Gasteiger partial charge is 0.272 e. The summed E-state index contributed by atoms with van der Waals surface area (Å²) in [5.41, 5.74) is 4.15. The molecular weight excluding hydrogens is 568 g/mol. The number of aryl methyl sites for hydroxylation is 1. The monoisotopic (exact) mass is 616 g/mol. The first-order valence-electron chi connectivity index (χ1n) is 16.0. The van der Waals surface area contributed by atoms with Crippen molar-refractivity contribution in [3.8, 4) is 5.75 Å². The molecule has 10 nitrogen and oxygen atoms in total. The number of rotatable bonds is 8. The van der Waals surface area contributed by atoms with Gasteiger partial charge in [-0.1, -0.05) is 39.0 Å². The first-order valence-corrected chi connectivity index (χ1v) is 16.0. The summed E-state index contributed by atoms with van der Waals surface area (Å²) in [5.74, 6) is 0.0627. The van der Waals surface area contributed by atoms with Crippen LogP contribution in [0.15, 0.2) is 36.4 Å². The van der Waals surface area contributed by atoms with Gasteiger partial charge in [-0.2, -0.15) is 0 Å². The number of piperazine rings is 1. The van der Waals surface area contributed by atoms with E-state index >= 15 is 0 Å². The number of anilines is 1. The second kappa shape index (κ2) is 13.2. The van der Waals surface area contributed by atoms with Crippen molar-refractivity contribution in [1.82, 2.24) is 24.6 Å². The number of carbonyl (C=O) groups excluding carboxylic acids is 3. The Labute approximate surface area is 266 Å². The quantitative estimate of drug-likeness (QED) is 0.393. The number of likely N-dealkylation sites (tertiary alicyclic amines) is 1. The van der Waals surface area contributed by atoms with Gasteiger partial charge in [0.1, 0.15) is 5.69 Å². The fraction of sp³-hybridized carbons (Fsp3) is 0.514. The van der Waals surface area contributed by atoms with E-state index in [9.17, 15) is 14.4 Å². The van der Waals surface area contributed by atoms with E-state index in [1.54, 1.807) is 0 Å². The number of methoxy groups -OCH3 is 1. The molecule has 2 fully saturated rings. The molecule has 2 aliphatic heterocycles. The summed E-state index contributed by atoms with van der Waals surface area (Å²) in [4.78, 5) is 46.5. The molecule has 242 valence electrons. The highest BCUT2D eigenvalue weighted by molar-refractivity contribution is 6.09. The number of hydrogen-bond donors (Lipinski definition) is 2. The van der Waals surface area contributed by atoms with Gasteiger partial charge in [0.25, 0.3) is 11.8 Å². The number of ether oxygens (including phenoxy) is 1. The van der Waals surface area contributed by atoms with Crippen LogP contribution < -0.4 is 15.4 Å². The molecule has 10 heteroatoms. The molecule has 0 radical (unpaired) electrons. The molecule has 2 N–H and O–H groups in total. The summed E-state index contributed by atoms with van der Waals surface area (Å²) in [5, 5.41) is 6.89. The van der Waals surface area contributed by atoms with Gasteiger partial charge in [0.2, 0.25) is 5.91 Å². The molecule has 45 heavy (non-hydrogen) atoms. The van der Waals surface area contributed by atoms with E-state index in [1.165, 1.54) is 7.11 Å². The molecule has 2 aromatic carbocycles. The highest BCUT2D eigenvalue weighted by atomic mass is 16.5. The van der Waals surface area contributed by atoms with Gasteiger partial charge in [0, 0.05) is 51.7 Å². The first kappa shape index (κ1) is 32.5. The summed E-state index contributed by atoms with van der Waals surface area (Å²) in [7, 11) is 5.47. The first-order chi connectivity index (χ1) is 21.4. The number of fused-ring (bicyclic) bond motifs is 1. The Hall–Kier alpha value is -3.89. The number of amides is 3. The molecular formula is C35H48N6O4. The van der Waals surface area contributed by atoms with Gasteiger partial charge in [0.15, 0.2) is 5.75 Å². The number of nitrogens with zero attached hydrogens (tertiary/aromatic N) is 4. The predicted molar refractivity (Wildman–Crippen MR) is 178 cm³/mol. The van der Waals surface area contributed by atoms with Crippen LogP contribution >= 0.6 is 0 Å². The van der Waals surface area contributed by atoms with Gasteiger partial charge in [-0.3, -0.25) is 24.2 Å². The van der Waals surface area contributed by atoms with E-state index in [0.29, 0.717) is 29.2 Å². The van der Waals surface area contributed by atoms with Crippen LogP contribution in [0.4, 0.5) is 5.69 Å². The number of likely N-dealkylation sites (N-methyl/N-ethyl adjacent to an activating group) is 1. The van der Waals surface area contributed by atoms with E-state index < -0.39 is 0 Å². The molecule has 0 unspecified atom stereocenters. The lowest BCUT2D eigenvalue weighted by Gasteiger charge is -2.37. The van der Waals surface area contributed by atoms with E-state index in [2.05, 4.69) is 47.3 Å². The number of hydrogen-bond acceptors (Lipinski definition) is 6. The van der Waals surface area contributed by atoms with Crippen LogP contribution in [-0.2, 0) is 23.8 Å². The van der Waals surface area contributed by atoms with Gasteiger partial charge >= 0.3 is 0 Å². The Balaban J connectivity index is 1.36. The lowest BCUT2D eigenvalue weighted by atomic mass is 9.85. The van der Waals surface area contributed by atoms with E-state index in [-0.39, 0.29) is 29.2 Å². The number of nitrogens with one attached hydrogen (secondary N) is 2. The molecule has 3 heterocycles. The molecule has 1 atom stereocenters. The number of benzene rings is 2.